The molecule has 13 heteroatoms. The number of carboxylic acid groups (broad SMARTS) is 1. The number of carbonyl (C=O) groups excluding carboxylic acids is 1. The van der Waals surface area contributed by atoms with Crippen molar-refractivity contribution in [1.82, 2.24) is 14.5 Å². The van der Waals surface area contributed by atoms with Crippen molar-refractivity contribution in [3.63, 3.8) is 0 Å². The molecule has 0 unspecified atom stereocenters. The van der Waals surface area contributed by atoms with Crippen LogP contribution in [0.3, 0.4) is 0 Å². The van der Waals surface area contributed by atoms with E-state index < -0.39 is 22.2 Å². The molecule has 3 rings (SSSR count). The number of piperazine rings is 1. The Morgan fingerprint density at radius 3 is 2.19 bits per heavy atom. The second-order valence-corrected chi connectivity index (χ2v) is 10.3. The Balaban J connectivity index is 0.000000604. The average Bonchev–Trinajstić information content (AvgIpc) is 2.87. The normalized spacial score (nSPS) is 14.3. The van der Waals surface area contributed by atoms with E-state index in [0.717, 1.165) is 11.1 Å². The topological polar surface area (TPSA) is 116 Å². The van der Waals surface area contributed by atoms with Gasteiger partial charge < -0.3 is 20.1 Å². The number of ether oxygens (including phenoxy) is 1. The third-order valence-electron chi connectivity index (χ3n) is 5.47. The van der Waals surface area contributed by atoms with E-state index in [4.69, 9.17) is 14.6 Å². The van der Waals surface area contributed by atoms with Gasteiger partial charge in [0.05, 0.1) is 12.9 Å². The fourth-order valence-electron chi connectivity index (χ4n) is 3.45. The molecule has 1 saturated heterocycles. The number of nitrogens with zero attached hydrogens (tertiary/aromatic N) is 2. The van der Waals surface area contributed by atoms with E-state index in [0.29, 0.717) is 37.5 Å². The van der Waals surface area contributed by atoms with Crippen LogP contribution in [0.4, 0.5) is 13.2 Å². The molecule has 1 fully saturated rings. The van der Waals surface area contributed by atoms with Crippen LogP contribution in [-0.2, 0) is 21.4 Å². The molecule has 204 valence electrons. The van der Waals surface area contributed by atoms with Gasteiger partial charge in [-0.15, -0.1) is 0 Å². The summed E-state index contributed by atoms with van der Waals surface area (Å²) in [7, 11) is -1.86. The lowest BCUT2D eigenvalue weighted by atomic mass is 10.1. The van der Waals surface area contributed by atoms with Crippen LogP contribution in [0.2, 0.25) is 0 Å². The standard InChI is InChI=1S/C22H29N3O4S.C2HF3O2/c1-18-7-9-19(10-8-18)22(26)24(17-20-5-3-4-6-21(20)29-2)15-16-30(27,28)25-13-11-23-12-14-25;3-2(4,5)1(6)7/h3-10,23H,11-17H2,1-2H3;(H,6,7). The number of para-hydroxylation sites is 1. The van der Waals surface area contributed by atoms with Crippen LogP contribution < -0.4 is 10.1 Å². The van der Waals surface area contributed by atoms with Crippen LogP contribution in [0.25, 0.3) is 0 Å². The van der Waals surface area contributed by atoms with Gasteiger partial charge in [-0.1, -0.05) is 35.9 Å². The molecular formula is C24H30F3N3O6S. The van der Waals surface area contributed by atoms with E-state index in [9.17, 15) is 26.4 Å². The number of rotatable bonds is 8. The average molecular weight is 546 g/mol. The highest BCUT2D eigenvalue weighted by Crippen LogP contribution is 2.21. The summed E-state index contributed by atoms with van der Waals surface area (Å²) in [5, 5.41) is 10.3. The molecule has 9 nitrogen and oxygen atoms in total. The molecule has 0 radical (unpaired) electrons. The number of methoxy groups -OCH3 is 1. The van der Waals surface area contributed by atoms with Crippen molar-refractivity contribution >= 4 is 21.9 Å². The lowest BCUT2D eigenvalue weighted by Crippen LogP contribution is -2.48. The first-order chi connectivity index (χ1) is 17.3. The predicted molar refractivity (Wildman–Crippen MR) is 131 cm³/mol. The highest BCUT2D eigenvalue weighted by atomic mass is 32.2. The fourth-order valence-corrected chi connectivity index (χ4v) is 4.90. The molecule has 0 spiro atoms. The van der Waals surface area contributed by atoms with Crippen LogP contribution in [-0.4, -0.2) is 86.4 Å². The molecule has 1 amide bonds. The van der Waals surface area contributed by atoms with E-state index in [2.05, 4.69) is 5.32 Å². The van der Waals surface area contributed by atoms with Gasteiger partial charge >= 0.3 is 12.1 Å². The molecule has 1 aliphatic heterocycles. The van der Waals surface area contributed by atoms with Gasteiger partial charge in [0.1, 0.15) is 5.75 Å². The first kappa shape index (κ1) is 30.1. The lowest BCUT2D eigenvalue weighted by molar-refractivity contribution is -0.192. The Hall–Kier alpha value is -3.16. The smallest absolute Gasteiger partial charge is 0.490 e. The van der Waals surface area contributed by atoms with Gasteiger partial charge in [0.25, 0.3) is 5.91 Å². The zero-order chi connectivity index (χ0) is 27.6. The minimum absolute atomic E-state index is 0.108. The Morgan fingerprint density at radius 2 is 1.65 bits per heavy atom. The number of aliphatic carboxylic acids is 1. The van der Waals surface area contributed by atoms with Gasteiger partial charge in [-0.3, -0.25) is 4.79 Å². The molecule has 0 aromatic heterocycles. The van der Waals surface area contributed by atoms with Gasteiger partial charge in [-0.25, -0.2) is 13.2 Å². The summed E-state index contributed by atoms with van der Waals surface area (Å²) >= 11 is 0. The Labute approximate surface area is 213 Å². The van der Waals surface area contributed by atoms with E-state index in [-0.39, 0.29) is 24.7 Å². The number of nitrogens with one attached hydrogen (secondary N) is 1. The number of benzene rings is 2. The first-order valence-electron chi connectivity index (χ1n) is 11.3. The Kier molecular flexibility index (Phi) is 10.9. The summed E-state index contributed by atoms with van der Waals surface area (Å²) in [5.41, 5.74) is 2.43. The number of carboxylic acids is 1. The number of hydrogen-bond acceptors (Lipinski definition) is 6. The van der Waals surface area contributed by atoms with Crippen molar-refractivity contribution in [1.29, 1.82) is 0 Å². The second-order valence-electron chi connectivity index (χ2n) is 8.17. The quantitative estimate of drug-likeness (QED) is 0.524. The summed E-state index contributed by atoms with van der Waals surface area (Å²) in [6.45, 7) is 4.55. The molecule has 0 aliphatic carbocycles. The van der Waals surface area contributed by atoms with Gasteiger partial charge in [0.15, 0.2) is 0 Å². The summed E-state index contributed by atoms with van der Waals surface area (Å²) < 4.78 is 64.3. The maximum atomic E-state index is 13.2. The zero-order valence-electron chi connectivity index (χ0n) is 20.5. The van der Waals surface area contributed by atoms with Crippen molar-refractivity contribution in [2.75, 3.05) is 45.6 Å². The molecule has 2 aromatic rings. The Morgan fingerprint density at radius 1 is 1.08 bits per heavy atom. The third kappa shape index (κ3) is 9.34. The van der Waals surface area contributed by atoms with Gasteiger partial charge in [-0.2, -0.15) is 17.5 Å². The van der Waals surface area contributed by atoms with Gasteiger partial charge in [0.2, 0.25) is 10.0 Å². The van der Waals surface area contributed by atoms with E-state index >= 15 is 0 Å². The van der Waals surface area contributed by atoms with E-state index in [1.165, 1.54) is 4.31 Å². The first-order valence-corrected chi connectivity index (χ1v) is 12.9. The SMILES string of the molecule is COc1ccccc1CN(CCS(=O)(=O)N1CCNCC1)C(=O)c1ccc(C)cc1.O=C(O)C(F)(F)F. The minimum Gasteiger partial charge on any atom is -0.496 e. The molecule has 0 atom stereocenters. The van der Waals surface area contributed by atoms with E-state index in [1.807, 2.05) is 43.3 Å². The highest BCUT2D eigenvalue weighted by molar-refractivity contribution is 7.89. The largest absolute Gasteiger partial charge is 0.496 e. The van der Waals surface area contributed by atoms with Crippen molar-refractivity contribution in [3.05, 3.63) is 65.2 Å². The molecule has 37 heavy (non-hydrogen) atoms. The summed E-state index contributed by atoms with van der Waals surface area (Å²) in [6, 6.07) is 14.8. The van der Waals surface area contributed by atoms with Crippen molar-refractivity contribution in [3.8, 4) is 5.75 Å². The van der Waals surface area contributed by atoms with Crippen LogP contribution in [0.15, 0.2) is 48.5 Å². The predicted octanol–water partition coefficient (Wildman–Crippen LogP) is 2.51. The number of halogens is 3. The van der Waals surface area contributed by atoms with Gasteiger partial charge in [0, 0.05) is 50.4 Å². The van der Waals surface area contributed by atoms with Crippen LogP contribution >= 0.6 is 0 Å². The second kappa shape index (κ2) is 13.4. The van der Waals surface area contributed by atoms with Crippen molar-refractivity contribution in [2.45, 2.75) is 19.6 Å². The van der Waals surface area contributed by atoms with Crippen LogP contribution in [0, 0.1) is 6.92 Å². The molecular weight excluding hydrogens is 515 g/mol. The molecule has 0 saturated carbocycles. The Bertz CT molecular complexity index is 1150. The fraction of sp³-hybridized carbons (Fsp3) is 0.417. The summed E-state index contributed by atoms with van der Waals surface area (Å²) in [4.78, 5) is 23.7. The number of hydrogen-bond donors (Lipinski definition) is 2. The summed E-state index contributed by atoms with van der Waals surface area (Å²) in [6.07, 6.45) is -5.08. The zero-order valence-corrected chi connectivity index (χ0v) is 21.3. The summed E-state index contributed by atoms with van der Waals surface area (Å²) in [5.74, 6) is -2.40. The third-order valence-corrected chi connectivity index (χ3v) is 7.32. The molecule has 1 aliphatic rings. The number of amides is 1. The van der Waals surface area contributed by atoms with Crippen molar-refractivity contribution < 1.29 is 41.0 Å². The maximum Gasteiger partial charge on any atom is 0.490 e. The number of alkyl halides is 3. The lowest BCUT2D eigenvalue weighted by Gasteiger charge is -2.29. The monoisotopic (exact) mass is 545 g/mol. The van der Waals surface area contributed by atoms with Crippen LogP contribution in [0.1, 0.15) is 21.5 Å². The maximum absolute atomic E-state index is 13.2. The minimum atomic E-state index is -5.08. The molecule has 2 aromatic carbocycles. The molecule has 0 bridgehead atoms. The number of sulfonamides is 1. The van der Waals surface area contributed by atoms with E-state index in [1.54, 1.807) is 24.1 Å². The molecule has 1 heterocycles. The number of aryl methyl sites for hydroxylation is 1. The highest BCUT2D eigenvalue weighted by Gasteiger charge is 2.38. The van der Waals surface area contributed by atoms with Crippen LogP contribution in [0.5, 0.6) is 5.75 Å². The van der Waals surface area contributed by atoms with Gasteiger partial charge in [-0.05, 0) is 25.1 Å². The van der Waals surface area contributed by atoms with Crippen molar-refractivity contribution in [2.24, 2.45) is 0 Å². The number of carbonyl (C=O) groups is 2. The molecule has 2 N–H and O–H groups in total.